The van der Waals surface area contributed by atoms with Crippen molar-refractivity contribution >= 4 is 23.4 Å². The molecule has 0 saturated carbocycles. The van der Waals surface area contributed by atoms with Crippen LogP contribution < -0.4 is 10.6 Å². The van der Waals surface area contributed by atoms with E-state index in [1.54, 1.807) is 24.3 Å². The highest BCUT2D eigenvalue weighted by molar-refractivity contribution is 6.30. The van der Waals surface area contributed by atoms with Gasteiger partial charge in [-0.05, 0) is 74.6 Å². The van der Waals surface area contributed by atoms with E-state index in [-0.39, 0.29) is 11.8 Å². The predicted molar refractivity (Wildman–Crippen MR) is 125 cm³/mol. The summed E-state index contributed by atoms with van der Waals surface area (Å²) < 4.78 is 0. The van der Waals surface area contributed by atoms with Gasteiger partial charge in [0.05, 0.1) is 0 Å². The molecule has 5 nitrogen and oxygen atoms in total. The fourth-order valence-corrected chi connectivity index (χ4v) is 3.95. The van der Waals surface area contributed by atoms with E-state index in [1.807, 2.05) is 30.3 Å². The van der Waals surface area contributed by atoms with Crippen molar-refractivity contribution in [2.24, 2.45) is 5.92 Å². The van der Waals surface area contributed by atoms with Gasteiger partial charge in [-0.1, -0.05) is 48.9 Å². The summed E-state index contributed by atoms with van der Waals surface area (Å²) in [6, 6.07) is 15.8. The van der Waals surface area contributed by atoms with Gasteiger partial charge in [0, 0.05) is 23.6 Å². The summed E-state index contributed by atoms with van der Waals surface area (Å²) in [5.74, 6) is 0.382. The number of hydrogen-bond acceptors (Lipinski definition) is 3. The first-order chi connectivity index (χ1) is 15.0. The number of hydrogen-bond donors (Lipinski definition) is 2. The van der Waals surface area contributed by atoms with Gasteiger partial charge in [0.1, 0.15) is 6.04 Å². The molecule has 1 fully saturated rings. The molecule has 0 radical (unpaired) electrons. The molecule has 6 heteroatoms. The van der Waals surface area contributed by atoms with E-state index in [2.05, 4.69) is 22.5 Å². The van der Waals surface area contributed by atoms with Gasteiger partial charge < -0.3 is 15.5 Å². The smallest absolute Gasteiger partial charge is 0.251 e. The molecule has 1 unspecified atom stereocenters. The molecule has 0 aromatic heterocycles. The molecule has 2 aromatic carbocycles. The number of piperidine rings is 1. The van der Waals surface area contributed by atoms with Gasteiger partial charge in [0.15, 0.2) is 0 Å². The van der Waals surface area contributed by atoms with Crippen LogP contribution in [0.2, 0.25) is 5.02 Å². The minimum atomic E-state index is -0.638. The number of likely N-dealkylation sites (tertiary alicyclic amines) is 1. The van der Waals surface area contributed by atoms with E-state index in [1.165, 1.54) is 12.8 Å². The Bertz CT molecular complexity index is 834. The van der Waals surface area contributed by atoms with E-state index < -0.39 is 6.04 Å². The Morgan fingerprint density at radius 3 is 2.42 bits per heavy atom. The van der Waals surface area contributed by atoms with Crippen LogP contribution >= 0.6 is 11.6 Å². The molecule has 3 rings (SSSR count). The van der Waals surface area contributed by atoms with Crippen LogP contribution in [0.25, 0.3) is 0 Å². The van der Waals surface area contributed by atoms with Crippen molar-refractivity contribution in [1.29, 1.82) is 0 Å². The number of nitrogens with one attached hydrogen (secondary N) is 2. The van der Waals surface area contributed by atoms with Gasteiger partial charge in [-0.15, -0.1) is 0 Å². The van der Waals surface area contributed by atoms with E-state index in [0.29, 0.717) is 23.6 Å². The summed E-state index contributed by atoms with van der Waals surface area (Å²) >= 11 is 5.91. The normalized spacial score (nSPS) is 15.9. The minimum absolute atomic E-state index is 0.154. The van der Waals surface area contributed by atoms with E-state index >= 15 is 0 Å². The number of benzene rings is 2. The van der Waals surface area contributed by atoms with Crippen LogP contribution in [0.4, 0.5) is 0 Å². The quantitative estimate of drug-likeness (QED) is 0.580. The summed E-state index contributed by atoms with van der Waals surface area (Å²) in [5.41, 5.74) is 1.48. The SMILES string of the molecule is CC1CCN(CCCNC(=O)C(Cc2ccccc2)NC(=O)c2ccc(Cl)cc2)CC1. The number of carbonyl (C=O) groups is 2. The molecule has 166 valence electrons. The number of nitrogens with zero attached hydrogens (tertiary/aromatic N) is 1. The minimum Gasteiger partial charge on any atom is -0.354 e. The molecule has 0 aliphatic carbocycles. The van der Waals surface area contributed by atoms with Crippen molar-refractivity contribution in [3.05, 3.63) is 70.7 Å². The topological polar surface area (TPSA) is 61.4 Å². The first-order valence-electron chi connectivity index (χ1n) is 11.1. The second kappa shape index (κ2) is 11.9. The Labute approximate surface area is 190 Å². The average molecular weight is 442 g/mol. The van der Waals surface area contributed by atoms with E-state index in [4.69, 9.17) is 11.6 Å². The molecule has 2 N–H and O–H groups in total. The third-order valence-corrected chi connectivity index (χ3v) is 6.09. The molecule has 1 atom stereocenters. The summed E-state index contributed by atoms with van der Waals surface area (Å²) in [4.78, 5) is 28.1. The van der Waals surface area contributed by atoms with Crippen LogP contribution in [-0.4, -0.2) is 48.9 Å². The first-order valence-corrected chi connectivity index (χ1v) is 11.5. The lowest BCUT2D eigenvalue weighted by molar-refractivity contribution is -0.122. The van der Waals surface area contributed by atoms with Crippen molar-refractivity contribution < 1.29 is 9.59 Å². The van der Waals surface area contributed by atoms with Crippen molar-refractivity contribution in [2.45, 2.75) is 38.6 Å². The van der Waals surface area contributed by atoms with Crippen LogP contribution in [0.15, 0.2) is 54.6 Å². The second-order valence-electron chi connectivity index (χ2n) is 8.39. The molecule has 2 amide bonds. The molecule has 1 aliphatic heterocycles. The van der Waals surface area contributed by atoms with Crippen molar-refractivity contribution in [2.75, 3.05) is 26.2 Å². The number of carbonyl (C=O) groups excluding carboxylic acids is 2. The Hall–Kier alpha value is -2.37. The maximum Gasteiger partial charge on any atom is 0.251 e. The Morgan fingerprint density at radius 1 is 1.06 bits per heavy atom. The molecule has 31 heavy (non-hydrogen) atoms. The lowest BCUT2D eigenvalue weighted by Crippen LogP contribution is -2.48. The zero-order chi connectivity index (χ0) is 22.1. The maximum atomic E-state index is 12.9. The highest BCUT2D eigenvalue weighted by Gasteiger charge is 2.22. The number of amides is 2. The van der Waals surface area contributed by atoms with E-state index in [0.717, 1.165) is 37.5 Å². The van der Waals surface area contributed by atoms with Crippen LogP contribution in [0.3, 0.4) is 0 Å². The van der Waals surface area contributed by atoms with Gasteiger partial charge in [0.25, 0.3) is 5.91 Å². The summed E-state index contributed by atoms with van der Waals surface area (Å²) in [7, 11) is 0. The lowest BCUT2D eigenvalue weighted by Gasteiger charge is -2.30. The summed E-state index contributed by atoms with van der Waals surface area (Å²) in [6.45, 7) is 6.19. The van der Waals surface area contributed by atoms with Crippen LogP contribution in [0, 0.1) is 5.92 Å². The average Bonchev–Trinajstić information content (AvgIpc) is 2.78. The molecule has 1 aliphatic rings. The molecule has 1 saturated heterocycles. The van der Waals surface area contributed by atoms with Crippen molar-refractivity contribution in [3.63, 3.8) is 0 Å². The third-order valence-electron chi connectivity index (χ3n) is 5.84. The standard InChI is InChI=1S/C25H32ClN3O2/c1-19-12-16-29(17-13-19)15-5-14-27-25(31)23(18-20-6-3-2-4-7-20)28-24(30)21-8-10-22(26)11-9-21/h2-4,6-11,19,23H,5,12-18H2,1H3,(H,27,31)(H,28,30). The summed E-state index contributed by atoms with van der Waals surface area (Å²) in [6.07, 6.45) is 3.85. The summed E-state index contributed by atoms with van der Waals surface area (Å²) in [5, 5.41) is 6.48. The zero-order valence-corrected chi connectivity index (χ0v) is 18.9. The highest BCUT2D eigenvalue weighted by Crippen LogP contribution is 2.15. The van der Waals surface area contributed by atoms with Crippen LogP contribution in [0.1, 0.15) is 42.1 Å². The Morgan fingerprint density at radius 2 is 1.74 bits per heavy atom. The first kappa shape index (κ1) is 23.3. The highest BCUT2D eigenvalue weighted by atomic mass is 35.5. The largest absolute Gasteiger partial charge is 0.354 e. The van der Waals surface area contributed by atoms with Gasteiger partial charge in [0.2, 0.25) is 5.91 Å². The van der Waals surface area contributed by atoms with Crippen molar-refractivity contribution in [3.8, 4) is 0 Å². The van der Waals surface area contributed by atoms with Crippen LogP contribution in [-0.2, 0) is 11.2 Å². The monoisotopic (exact) mass is 441 g/mol. The fourth-order valence-electron chi connectivity index (χ4n) is 3.83. The third kappa shape index (κ3) is 7.67. The molecule has 1 heterocycles. The zero-order valence-electron chi connectivity index (χ0n) is 18.1. The molecular weight excluding hydrogens is 410 g/mol. The molecule has 0 bridgehead atoms. The number of halogens is 1. The predicted octanol–water partition coefficient (Wildman–Crippen LogP) is 3.92. The second-order valence-corrected chi connectivity index (χ2v) is 8.83. The Kier molecular flexibility index (Phi) is 8.92. The van der Waals surface area contributed by atoms with Crippen molar-refractivity contribution in [1.82, 2.24) is 15.5 Å². The van der Waals surface area contributed by atoms with E-state index in [9.17, 15) is 9.59 Å². The fraction of sp³-hybridized carbons (Fsp3) is 0.440. The van der Waals surface area contributed by atoms with Gasteiger partial charge in [-0.3, -0.25) is 9.59 Å². The Balaban J connectivity index is 1.54. The van der Waals surface area contributed by atoms with Crippen LogP contribution in [0.5, 0.6) is 0 Å². The maximum absolute atomic E-state index is 12.9. The molecular formula is C25H32ClN3O2. The number of rotatable bonds is 9. The van der Waals surface area contributed by atoms with Gasteiger partial charge >= 0.3 is 0 Å². The van der Waals surface area contributed by atoms with Gasteiger partial charge in [-0.25, -0.2) is 0 Å². The lowest BCUT2D eigenvalue weighted by atomic mass is 9.99. The molecule has 2 aromatic rings. The molecule has 0 spiro atoms. The van der Waals surface area contributed by atoms with Gasteiger partial charge in [-0.2, -0.15) is 0 Å².